The predicted molar refractivity (Wildman–Crippen MR) is 176 cm³/mol. The number of ether oxygens (including phenoxy) is 1. The highest BCUT2D eigenvalue weighted by Crippen LogP contribution is 2.38. The number of benzene rings is 4. The average molecular weight is 741 g/mol. The number of nitrogens with zero attached hydrogens (tertiary/aromatic N) is 3. The lowest BCUT2D eigenvalue weighted by atomic mass is 10.1. The molecule has 1 aliphatic rings. The Balaban J connectivity index is 1.34. The van der Waals surface area contributed by atoms with E-state index in [1.165, 1.54) is 21.3 Å². The minimum atomic E-state index is -0.448. The van der Waals surface area contributed by atoms with E-state index >= 15 is 0 Å². The van der Waals surface area contributed by atoms with E-state index in [9.17, 15) is 14.4 Å². The van der Waals surface area contributed by atoms with Gasteiger partial charge in [0.15, 0.2) is 0 Å². The molecule has 1 aliphatic heterocycles. The second-order valence-corrected chi connectivity index (χ2v) is 12.8. The van der Waals surface area contributed by atoms with Crippen LogP contribution < -0.4 is 15.7 Å². The van der Waals surface area contributed by atoms with Crippen molar-refractivity contribution in [1.29, 1.82) is 0 Å². The zero-order valence-electron chi connectivity index (χ0n) is 22.4. The molecule has 4 aromatic carbocycles. The monoisotopic (exact) mass is 738 g/mol. The van der Waals surface area contributed by atoms with Crippen LogP contribution in [0.1, 0.15) is 21.3 Å². The Kier molecular flexibility index (Phi) is 8.32. The van der Waals surface area contributed by atoms with Gasteiger partial charge >= 0.3 is 0 Å². The molecule has 43 heavy (non-hydrogen) atoms. The van der Waals surface area contributed by atoms with Gasteiger partial charge in [-0.15, -0.1) is 11.8 Å². The van der Waals surface area contributed by atoms with Crippen LogP contribution in [-0.2, 0) is 4.79 Å². The molecule has 1 atom stereocenters. The van der Waals surface area contributed by atoms with Gasteiger partial charge in [0.05, 0.1) is 29.5 Å². The van der Waals surface area contributed by atoms with E-state index in [1.54, 1.807) is 61.7 Å². The predicted octanol–water partition coefficient (Wildman–Crippen LogP) is 7.16. The van der Waals surface area contributed by atoms with Crippen LogP contribution in [0.5, 0.6) is 5.75 Å². The topological polar surface area (TPSA) is 93.5 Å². The molecule has 8 nitrogen and oxygen atoms in total. The van der Waals surface area contributed by atoms with Gasteiger partial charge in [-0.25, -0.2) is 9.99 Å². The van der Waals surface area contributed by atoms with Crippen molar-refractivity contribution in [3.05, 3.63) is 120 Å². The Morgan fingerprint density at radius 1 is 1.00 bits per heavy atom. The number of carbonyl (C=O) groups excluding carboxylic acids is 2. The number of nitrogens with one attached hydrogen (secondary N) is 1. The summed E-state index contributed by atoms with van der Waals surface area (Å²) < 4.78 is 8.13. The molecule has 1 fully saturated rings. The molecule has 0 saturated carbocycles. The smallest absolute Gasteiger partial charge is 0.269 e. The summed E-state index contributed by atoms with van der Waals surface area (Å²) in [6.45, 7) is 0. The normalized spacial score (nSPS) is 14.7. The summed E-state index contributed by atoms with van der Waals surface area (Å²) in [6.07, 6.45) is 0. The van der Waals surface area contributed by atoms with E-state index in [1.807, 2.05) is 30.3 Å². The van der Waals surface area contributed by atoms with Crippen LogP contribution in [0.15, 0.2) is 98.7 Å². The van der Waals surface area contributed by atoms with Crippen molar-refractivity contribution >= 4 is 77.9 Å². The van der Waals surface area contributed by atoms with Gasteiger partial charge in [-0.05, 0) is 94.3 Å². The van der Waals surface area contributed by atoms with Gasteiger partial charge in [-0.1, -0.05) is 39.7 Å². The highest BCUT2D eigenvalue weighted by Gasteiger charge is 2.34. The Labute approximate surface area is 272 Å². The van der Waals surface area contributed by atoms with Crippen molar-refractivity contribution in [3.63, 3.8) is 0 Å². The quantitative estimate of drug-likeness (QED) is 0.199. The van der Waals surface area contributed by atoms with Crippen molar-refractivity contribution in [2.75, 3.05) is 12.9 Å². The zero-order valence-corrected chi connectivity index (χ0v) is 27.1. The summed E-state index contributed by atoms with van der Waals surface area (Å²) in [6, 6.07) is 24.6. The Morgan fingerprint density at radius 2 is 1.70 bits per heavy atom. The number of aromatic nitrogens is 2. The van der Waals surface area contributed by atoms with Gasteiger partial charge in [0.1, 0.15) is 16.9 Å². The minimum absolute atomic E-state index is 0.200. The van der Waals surface area contributed by atoms with Gasteiger partial charge in [0.25, 0.3) is 17.4 Å². The first-order valence-corrected chi connectivity index (χ1v) is 15.9. The second kappa shape index (κ2) is 12.2. The first-order chi connectivity index (χ1) is 20.7. The van der Waals surface area contributed by atoms with E-state index in [4.69, 9.17) is 21.3 Å². The molecule has 216 valence electrons. The number of hydrazine groups is 1. The maximum Gasteiger partial charge on any atom is 0.269 e. The number of hydrogen-bond acceptors (Lipinski definition) is 6. The third-order valence-corrected chi connectivity index (χ3v) is 9.40. The molecular weight excluding hydrogens is 720 g/mol. The number of thioether (sulfide) groups is 1. The molecule has 2 heterocycles. The van der Waals surface area contributed by atoms with Crippen LogP contribution in [-0.4, -0.2) is 39.2 Å². The highest BCUT2D eigenvalue weighted by atomic mass is 79.9. The summed E-state index contributed by atoms with van der Waals surface area (Å²) in [5.41, 5.74) is 5.39. The maximum atomic E-state index is 13.9. The number of hydrogen-bond donors (Lipinski definition) is 1. The van der Waals surface area contributed by atoms with Gasteiger partial charge < -0.3 is 4.74 Å². The Hall–Kier alpha value is -3.64. The van der Waals surface area contributed by atoms with Gasteiger partial charge in [-0.2, -0.15) is 0 Å². The number of amides is 2. The van der Waals surface area contributed by atoms with Crippen LogP contribution in [0.3, 0.4) is 0 Å². The van der Waals surface area contributed by atoms with Crippen LogP contribution in [0.2, 0.25) is 5.02 Å². The van der Waals surface area contributed by atoms with Gasteiger partial charge in [0.2, 0.25) is 0 Å². The van der Waals surface area contributed by atoms with E-state index in [0.717, 1.165) is 10.0 Å². The fourth-order valence-electron chi connectivity index (χ4n) is 4.74. The van der Waals surface area contributed by atoms with Crippen LogP contribution >= 0.6 is 55.2 Å². The Bertz CT molecular complexity index is 1930. The molecule has 0 aliphatic carbocycles. The number of halogens is 3. The number of rotatable bonds is 6. The van der Waals surface area contributed by atoms with Crippen molar-refractivity contribution in [2.24, 2.45) is 0 Å². The number of fused-ring (bicyclic) bond motifs is 1. The Morgan fingerprint density at radius 3 is 2.37 bits per heavy atom. The summed E-state index contributed by atoms with van der Waals surface area (Å²) >= 11 is 14.5. The maximum absolute atomic E-state index is 13.9. The lowest BCUT2D eigenvalue weighted by Crippen LogP contribution is -2.44. The molecule has 2 amide bonds. The summed E-state index contributed by atoms with van der Waals surface area (Å²) in [7, 11) is 1.59. The van der Waals surface area contributed by atoms with E-state index in [-0.39, 0.29) is 22.6 Å². The molecule has 1 unspecified atom stereocenters. The SMILES string of the molecule is COc1ccc(C2SCC(=O)N2NC(=O)c2ccc(-n3c(-c4ccc(Cl)cc4)nc4c(Br)cc(Br)cc4c3=O)cc2)cc1. The lowest BCUT2D eigenvalue weighted by molar-refractivity contribution is -0.130. The molecule has 1 N–H and O–H groups in total. The molecule has 5 aromatic rings. The van der Waals surface area contributed by atoms with Gasteiger partial charge in [0, 0.05) is 25.1 Å². The van der Waals surface area contributed by atoms with Crippen LogP contribution in [0.25, 0.3) is 28.0 Å². The fourth-order valence-corrected chi connectivity index (χ4v) is 7.29. The van der Waals surface area contributed by atoms with Crippen molar-refractivity contribution < 1.29 is 14.3 Å². The summed E-state index contributed by atoms with van der Waals surface area (Å²) in [5.74, 6) is 0.712. The molecule has 1 aromatic heterocycles. The van der Waals surface area contributed by atoms with Crippen molar-refractivity contribution in [2.45, 2.75) is 5.37 Å². The first-order valence-electron chi connectivity index (χ1n) is 12.9. The molecule has 12 heteroatoms. The number of carbonyl (C=O) groups is 2. The molecular formula is C31H21Br2ClN4O4S. The van der Waals surface area contributed by atoms with Crippen molar-refractivity contribution in [3.8, 4) is 22.8 Å². The lowest BCUT2D eigenvalue weighted by Gasteiger charge is -2.24. The second-order valence-electron chi connectivity index (χ2n) is 9.55. The average Bonchev–Trinajstić information content (AvgIpc) is 3.37. The first kappa shape index (κ1) is 29.4. The standard InChI is InChI=1S/C31H21Br2ClN4O4S/c1-42-23-12-6-19(7-13-23)31-38(26(39)16-43-31)36-29(40)18-4-10-22(11-5-18)37-28(17-2-8-21(34)9-3-17)35-27-24(30(37)41)14-20(32)15-25(27)33/h2-15,31H,16H2,1H3,(H,36,40). The summed E-state index contributed by atoms with van der Waals surface area (Å²) in [5, 5.41) is 1.96. The van der Waals surface area contributed by atoms with Gasteiger partial charge in [-0.3, -0.25) is 24.4 Å². The van der Waals surface area contributed by atoms with Crippen LogP contribution in [0, 0.1) is 0 Å². The third-order valence-electron chi connectivity index (χ3n) is 6.87. The highest BCUT2D eigenvalue weighted by molar-refractivity contribution is 9.11. The van der Waals surface area contributed by atoms with E-state index in [2.05, 4.69) is 37.3 Å². The molecule has 1 saturated heterocycles. The molecule has 0 radical (unpaired) electrons. The zero-order chi connectivity index (χ0) is 30.2. The third kappa shape index (κ3) is 5.82. The molecule has 0 spiro atoms. The molecule has 0 bridgehead atoms. The number of methoxy groups -OCH3 is 1. The van der Waals surface area contributed by atoms with E-state index in [0.29, 0.717) is 48.8 Å². The largest absolute Gasteiger partial charge is 0.497 e. The minimum Gasteiger partial charge on any atom is -0.497 e. The van der Waals surface area contributed by atoms with Crippen LogP contribution in [0.4, 0.5) is 0 Å². The van der Waals surface area contributed by atoms with Crippen molar-refractivity contribution in [1.82, 2.24) is 20.0 Å². The fraction of sp³-hybridized carbons (Fsp3) is 0.0968. The molecule has 6 rings (SSSR count). The summed E-state index contributed by atoms with van der Waals surface area (Å²) in [4.78, 5) is 44.7. The van der Waals surface area contributed by atoms with E-state index < -0.39 is 5.91 Å².